The van der Waals surface area contributed by atoms with Crippen LogP contribution >= 0.6 is 0 Å². The monoisotopic (exact) mass is 479 g/mol. The van der Waals surface area contributed by atoms with Crippen LogP contribution in [0.1, 0.15) is 213 Å². The molecule has 0 bridgehead atoms. The van der Waals surface area contributed by atoms with Crippen LogP contribution in [-0.4, -0.2) is 0 Å². The van der Waals surface area contributed by atoms with Gasteiger partial charge in [-0.15, -0.1) is 0 Å². The first-order valence-electron chi connectivity index (χ1n) is 16.8. The highest BCUT2D eigenvalue weighted by Crippen LogP contribution is 2.18. The zero-order chi connectivity index (χ0) is 24.8. The van der Waals surface area contributed by atoms with Crippen LogP contribution < -0.4 is 0 Å². The molecule has 0 spiro atoms. The SMILES string of the molecule is CCCCCCCCCCCCCCCCCCCCCCCCCCC[C@@H](C)CCCCC. The molecule has 0 aliphatic carbocycles. The summed E-state index contributed by atoms with van der Waals surface area (Å²) in [4.78, 5) is 0. The molecule has 0 saturated carbocycles. The quantitative estimate of drug-likeness (QED) is 0.0900. The molecule has 0 aliphatic heterocycles. The molecule has 0 amide bonds. The fourth-order valence-corrected chi connectivity index (χ4v) is 5.52. The number of hydrogen-bond donors (Lipinski definition) is 0. The maximum atomic E-state index is 2.47. The van der Waals surface area contributed by atoms with Gasteiger partial charge in [0.25, 0.3) is 0 Å². The molecule has 0 heterocycles. The zero-order valence-corrected chi connectivity index (χ0v) is 24.8. The molecule has 0 N–H and O–H groups in total. The second-order valence-corrected chi connectivity index (χ2v) is 11.9. The Morgan fingerprint density at radius 3 is 0.706 bits per heavy atom. The van der Waals surface area contributed by atoms with Gasteiger partial charge in [-0.25, -0.2) is 0 Å². The van der Waals surface area contributed by atoms with E-state index in [0.29, 0.717) is 0 Å². The van der Waals surface area contributed by atoms with Crippen molar-refractivity contribution in [3.8, 4) is 0 Å². The van der Waals surface area contributed by atoms with Gasteiger partial charge in [-0.2, -0.15) is 0 Å². The zero-order valence-electron chi connectivity index (χ0n) is 24.8. The highest BCUT2D eigenvalue weighted by Gasteiger charge is 2.01. The molecule has 34 heavy (non-hydrogen) atoms. The Bertz CT molecular complexity index is 333. The Morgan fingerprint density at radius 1 is 0.265 bits per heavy atom. The summed E-state index contributed by atoms with van der Waals surface area (Å²) in [6, 6.07) is 0. The molecule has 0 radical (unpaired) electrons. The predicted molar refractivity (Wildman–Crippen MR) is 159 cm³/mol. The lowest BCUT2D eigenvalue weighted by atomic mass is 9.96. The van der Waals surface area contributed by atoms with Gasteiger partial charge in [0.1, 0.15) is 0 Å². The van der Waals surface area contributed by atoms with Crippen LogP contribution in [-0.2, 0) is 0 Å². The molecule has 0 nitrogen and oxygen atoms in total. The molecular formula is C34H70. The van der Waals surface area contributed by atoms with E-state index in [4.69, 9.17) is 0 Å². The highest BCUT2D eigenvalue weighted by molar-refractivity contribution is 4.55. The minimum atomic E-state index is 0.969. The third kappa shape index (κ3) is 30.0. The van der Waals surface area contributed by atoms with Crippen LogP contribution in [0.4, 0.5) is 0 Å². The van der Waals surface area contributed by atoms with Gasteiger partial charge in [0.15, 0.2) is 0 Å². The van der Waals surface area contributed by atoms with Crippen LogP contribution in [0.15, 0.2) is 0 Å². The Hall–Kier alpha value is 0. The second kappa shape index (κ2) is 31.0. The lowest BCUT2D eigenvalue weighted by Gasteiger charge is -2.10. The number of rotatable bonds is 30. The molecule has 0 rings (SSSR count). The molecule has 206 valence electrons. The maximum absolute atomic E-state index is 2.47. The number of hydrogen-bond acceptors (Lipinski definition) is 0. The summed E-state index contributed by atoms with van der Waals surface area (Å²) in [5.41, 5.74) is 0. The Balaban J connectivity index is 3.05. The fraction of sp³-hybridized carbons (Fsp3) is 1.00. The second-order valence-electron chi connectivity index (χ2n) is 11.9. The minimum absolute atomic E-state index is 0.969. The molecule has 0 heteroatoms. The van der Waals surface area contributed by atoms with Crippen LogP contribution in [0.2, 0.25) is 0 Å². The average Bonchev–Trinajstić information content (AvgIpc) is 2.84. The van der Waals surface area contributed by atoms with Gasteiger partial charge in [0, 0.05) is 0 Å². The topological polar surface area (TPSA) is 0 Å². The van der Waals surface area contributed by atoms with Gasteiger partial charge < -0.3 is 0 Å². The smallest absolute Gasteiger partial charge is 0.0443 e. The van der Waals surface area contributed by atoms with E-state index in [1.165, 1.54) is 193 Å². The van der Waals surface area contributed by atoms with Crippen molar-refractivity contribution in [3.63, 3.8) is 0 Å². The van der Waals surface area contributed by atoms with Crippen molar-refractivity contribution in [2.75, 3.05) is 0 Å². The molecular weight excluding hydrogens is 408 g/mol. The predicted octanol–water partition coefficient (Wildman–Crippen LogP) is 13.4. The first-order chi connectivity index (χ1) is 16.8. The third-order valence-electron chi connectivity index (χ3n) is 8.10. The van der Waals surface area contributed by atoms with E-state index in [2.05, 4.69) is 20.8 Å². The fourth-order valence-electron chi connectivity index (χ4n) is 5.52. The van der Waals surface area contributed by atoms with E-state index in [9.17, 15) is 0 Å². The van der Waals surface area contributed by atoms with E-state index >= 15 is 0 Å². The third-order valence-corrected chi connectivity index (χ3v) is 8.10. The molecule has 0 aliphatic rings. The van der Waals surface area contributed by atoms with Crippen molar-refractivity contribution in [2.24, 2.45) is 5.92 Å². The van der Waals surface area contributed by atoms with E-state index < -0.39 is 0 Å². The molecule has 0 fully saturated rings. The van der Waals surface area contributed by atoms with Gasteiger partial charge in [-0.1, -0.05) is 213 Å². The molecule has 0 aromatic heterocycles. The first kappa shape index (κ1) is 34.0. The number of unbranched alkanes of at least 4 members (excludes halogenated alkanes) is 26. The van der Waals surface area contributed by atoms with Gasteiger partial charge in [0.05, 0.1) is 0 Å². The minimum Gasteiger partial charge on any atom is -0.0654 e. The largest absolute Gasteiger partial charge is 0.0654 e. The summed E-state index contributed by atoms with van der Waals surface area (Å²) in [5, 5.41) is 0. The first-order valence-corrected chi connectivity index (χ1v) is 16.8. The molecule has 1 atom stereocenters. The normalized spacial score (nSPS) is 12.4. The van der Waals surface area contributed by atoms with Crippen molar-refractivity contribution in [3.05, 3.63) is 0 Å². The van der Waals surface area contributed by atoms with E-state index in [1.807, 2.05) is 0 Å². The lowest BCUT2D eigenvalue weighted by Crippen LogP contribution is -1.94. The van der Waals surface area contributed by atoms with Crippen LogP contribution in [0.3, 0.4) is 0 Å². The van der Waals surface area contributed by atoms with Crippen molar-refractivity contribution in [1.29, 1.82) is 0 Å². The summed E-state index contributed by atoms with van der Waals surface area (Å²) in [5.74, 6) is 0.969. The molecule has 0 aromatic rings. The summed E-state index contributed by atoms with van der Waals surface area (Å²) < 4.78 is 0. The summed E-state index contributed by atoms with van der Waals surface area (Å²) in [6.07, 6.45) is 44.3. The Kier molecular flexibility index (Phi) is 31.0. The van der Waals surface area contributed by atoms with E-state index in [1.54, 1.807) is 0 Å². The van der Waals surface area contributed by atoms with Gasteiger partial charge in [-0.3, -0.25) is 0 Å². The van der Waals surface area contributed by atoms with Crippen molar-refractivity contribution in [2.45, 2.75) is 213 Å². The highest BCUT2D eigenvalue weighted by atomic mass is 14.1. The molecule has 0 saturated heterocycles. The van der Waals surface area contributed by atoms with Gasteiger partial charge in [0.2, 0.25) is 0 Å². The summed E-state index contributed by atoms with van der Waals surface area (Å²) in [6.45, 7) is 7.09. The van der Waals surface area contributed by atoms with Gasteiger partial charge in [-0.05, 0) is 5.92 Å². The van der Waals surface area contributed by atoms with Crippen molar-refractivity contribution in [1.82, 2.24) is 0 Å². The van der Waals surface area contributed by atoms with Crippen molar-refractivity contribution < 1.29 is 0 Å². The Morgan fingerprint density at radius 2 is 0.441 bits per heavy atom. The summed E-state index contributed by atoms with van der Waals surface area (Å²) in [7, 11) is 0. The van der Waals surface area contributed by atoms with Crippen molar-refractivity contribution >= 4 is 0 Å². The van der Waals surface area contributed by atoms with Crippen LogP contribution in [0.25, 0.3) is 0 Å². The van der Waals surface area contributed by atoms with E-state index in [-0.39, 0.29) is 0 Å². The summed E-state index contributed by atoms with van der Waals surface area (Å²) >= 11 is 0. The lowest BCUT2D eigenvalue weighted by molar-refractivity contribution is 0.435. The Labute approximate surface area is 219 Å². The van der Waals surface area contributed by atoms with E-state index in [0.717, 1.165) is 5.92 Å². The van der Waals surface area contributed by atoms with Crippen LogP contribution in [0.5, 0.6) is 0 Å². The van der Waals surface area contributed by atoms with Crippen LogP contribution in [0, 0.1) is 5.92 Å². The molecule has 0 aromatic carbocycles. The van der Waals surface area contributed by atoms with Gasteiger partial charge >= 0.3 is 0 Å². The molecule has 0 unspecified atom stereocenters. The average molecular weight is 479 g/mol. The standard InChI is InChI=1S/C34H70/c1-4-6-8-9-10-11-12-13-14-15-16-17-18-19-20-21-22-23-24-25-26-27-28-29-31-33-34(3)32-30-7-5-2/h34H,4-33H2,1-3H3/t34-/m0/s1. The maximum Gasteiger partial charge on any atom is -0.0443 e.